The van der Waals surface area contributed by atoms with Crippen LogP contribution in [0.25, 0.3) is 0 Å². The predicted octanol–water partition coefficient (Wildman–Crippen LogP) is -1.80. The van der Waals surface area contributed by atoms with Crippen LogP contribution in [0, 0.1) is 11.2 Å². The zero-order valence-corrected chi connectivity index (χ0v) is 15.3. The minimum Gasteiger partial charge on any atom is -0.241 e. The van der Waals surface area contributed by atoms with Crippen LogP contribution in [0.1, 0.15) is 11.1 Å². The standard InChI is InChI=1S/C21H22FN5/c22-19-8-6-17(7-9-19)10-23-24-20(18-4-2-1-3-5-18)21-11-25-14-26(12-21)16-27(13-21)15-25/h1-10H,11-16H2/p+3/b23-10-,24-20-. The lowest BCUT2D eigenvalue weighted by atomic mass is 9.74. The van der Waals surface area contributed by atoms with Gasteiger partial charge in [-0.15, -0.1) is 0 Å². The monoisotopic (exact) mass is 366 g/mol. The number of benzene rings is 2. The third-order valence-corrected chi connectivity index (χ3v) is 6.05. The number of hydrogen-bond acceptors (Lipinski definition) is 2. The highest BCUT2D eigenvalue weighted by Crippen LogP contribution is 2.23. The van der Waals surface area contributed by atoms with Gasteiger partial charge in [0, 0.05) is 0 Å². The van der Waals surface area contributed by atoms with Crippen molar-refractivity contribution < 1.29 is 19.1 Å². The molecule has 6 heteroatoms. The largest absolute Gasteiger partial charge is 0.241 e. The lowest BCUT2D eigenvalue weighted by molar-refractivity contribution is -1.30. The predicted molar refractivity (Wildman–Crippen MR) is 101 cm³/mol. The van der Waals surface area contributed by atoms with Crippen LogP contribution in [-0.2, 0) is 0 Å². The summed E-state index contributed by atoms with van der Waals surface area (Å²) in [4.78, 5) is 5.03. The van der Waals surface area contributed by atoms with Gasteiger partial charge in [-0.05, 0) is 23.3 Å². The van der Waals surface area contributed by atoms with E-state index >= 15 is 0 Å². The molecule has 2 aromatic carbocycles. The molecule has 4 heterocycles. The van der Waals surface area contributed by atoms with Crippen LogP contribution >= 0.6 is 0 Å². The van der Waals surface area contributed by atoms with E-state index in [4.69, 9.17) is 5.10 Å². The zero-order chi connectivity index (χ0) is 18.3. The molecule has 6 rings (SSSR count). The topological polar surface area (TPSA) is 38.0 Å². The van der Waals surface area contributed by atoms with Gasteiger partial charge in [-0.3, -0.25) is 0 Å². The Bertz CT molecular complexity index is 840. The van der Waals surface area contributed by atoms with Gasteiger partial charge in [-0.2, -0.15) is 10.2 Å². The molecule has 0 unspecified atom stereocenters. The van der Waals surface area contributed by atoms with E-state index in [1.54, 1.807) is 33.0 Å². The molecule has 4 saturated heterocycles. The third kappa shape index (κ3) is 3.20. The average molecular weight is 366 g/mol. The molecule has 0 aliphatic carbocycles. The van der Waals surface area contributed by atoms with Crippen LogP contribution in [0.3, 0.4) is 0 Å². The first-order chi connectivity index (χ1) is 13.2. The van der Waals surface area contributed by atoms with Gasteiger partial charge >= 0.3 is 0 Å². The molecular weight excluding hydrogens is 341 g/mol. The van der Waals surface area contributed by atoms with Crippen LogP contribution in [0.4, 0.5) is 4.39 Å². The molecule has 138 valence electrons. The SMILES string of the molecule is Fc1ccc(/C=N\N=C(\c2ccccc2)C23C[NH+]4C[NH+](C[NH+](C4)C2)C3)cc1. The lowest BCUT2D eigenvalue weighted by Crippen LogP contribution is -3.56. The Kier molecular flexibility index (Phi) is 4.11. The quantitative estimate of drug-likeness (QED) is 0.422. The molecule has 4 fully saturated rings. The van der Waals surface area contributed by atoms with Crippen molar-refractivity contribution in [2.75, 3.05) is 39.6 Å². The summed E-state index contributed by atoms with van der Waals surface area (Å²) in [5.41, 5.74) is 3.21. The van der Waals surface area contributed by atoms with Crippen LogP contribution in [0.2, 0.25) is 0 Å². The molecule has 0 spiro atoms. The zero-order valence-electron chi connectivity index (χ0n) is 15.3. The van der Waals surface area contributed by atoms with Gasteiger partial charge in [-0.25, -0.2) is 19.1 Å². The second kappa shape index (κ2) is 6.64. The highest BCUT2D eigenvalue weighted by molar-refractivity contribution is 6.05. The van der Waals surface area contributed by atoms with Gasteiger partial charge in [0.1, 0.15) is 25.5 Å². The Balaban J connectivity index is 1.51. The number of hydrogen-bond donors (Lipinski definition) is 3. The summed E-state index contributed by atoms with van der Waals surface area (Å²) in [5.74, 6) is -0.236. The first-order valence-electron chi connectivity index (χ1n) is 9.63. The fraction of sp³-hybridized carbons (Fsp3) is 0.333. The number of quaternary nitrogens is 3. The summed E-state index contributed by atoms with van der Waals surface area (Å²) in [7, 11) is 0. The van der Waals surface area contributed by atoms with Crippen molar-refractivity contribution in [1.82, 2.24) is 0 Å². The molecule has 4 aliphatic heterocycles. The van der Waals surface area contributed by atoms with Crippen molar-refractivity contribution in [3.63, 3.8) is 0 Å². The molecule has 2 aromatic rings. The van der Waals surface area contributed by atoms with Gasteiger partial charge < -0.3 is 0 Å². The fourth-order valence-corrected chi connectivity index (χ4v) is 5.27. The van der Waals surface area contributed by atoms with Crippen LogP contribution in [0.5, 0.6) is 0 Å². The molecule has 0 radical (unpaired) electrons. The number of rotatable bonds is 4. The van der Waals surface area contributed by atoms with Gasteiger partial charge in [0.05, 0.1) is 11.9 Å². The van der Waals surface area contributed by atoms with E-state index < -0.39 is 0 Å². The molecule has 5 nitrogen and oxygen atoms in total. The average Bonchev–Trinajstić information content (AvgIpc) is 2.66. The van der Waals surface area contributed by atoms with Crippen molar-refractivity contribution in [2.45, 2.75) is 0 Å². The van der Waals surface area contributed by atoms with Crippen LogP contribution < -0.4 is 14.7 Å². The van der Waals surface area contributed by atoms with Gasteiger partial charge in [-0.1, -0.05) is 42.5 Å². The summed E-state index contributed by atoms with van der Waals surface area (Å²) in [6, 6.07) is 16.8. The first kappa shape index (κ1) is 16.7. The normalized spacial score (nSPS) is 32.3. The minimum absolute atomic E-state index is 0.0796. The molecule has 4 aliphatic rings. The van der Waals surface area contributed by atoms with E-state index in [9.17, 15) is 4.39 Å². The van der Waals surface area contributed by atoms with E-state index in [-0.39, 0.29) is 11.2 Å². The van der Waals surface area contributed by atoms with E-state index in [0.717, 1.165) is 36.5 Å². The Morgan fingerprint density at radius 2 is 1.44 bits per heavy atom. The van der Waals surface area contributed by atoms with Gasteiger partial charge in [0.25, 0.3) is 0 Å². The Hall–Kier alpha value is -2.41. The maximum Gasteiger partial charge on any atom is 0.213 e. The highest BCUT2D eigenvalue weighted by atomic mass is 19.1. The minimum atomic E-state index is -0.236. The second-order valence-corrected chi connectivity index (χ2v) is 8.20. The Labute approximate surface area is 158 Å². The molecule has 0 aromatic heterocycles. The summed E-state index contributed by atoms with van der Waals surface area (Å²) >= 11 is 0. The molecule has 3 N–H and O–H groups in total. The number of nitrogens with one attached hydrogen (secondary N) is 3. The van der Waals surface area contributed by atoms with Crippen molar-refractivity contribution in [2.24, 2.45) is 15.6 Å². The summed E-state index contributed by atoms with van der Waals surface area (Å²) in [5, 5.41) is 9.17. The molecule has 0 amide bonds. The molecular formula is C21H25FN5+3. The van der Waals surface area contributed by atoms with Gasteiger partial charge in [0.15, 0.2) is 5.41 Å². The van der Waals surface area contributed by atoms with Crippen LogP contribution in [0.15, 0.2) is 64.8 Å². The smallest absolute Gasteiger partial charge is 0.213 e. The first-order valence-corrected chi connectivity index (χ1v) is 9.63. The maximum absolute atomic E-state index is 13.1. The van der Waals surface area contributed by atoms with E-state index in [2.05, 4.69) is 29.4 Å². The third-order valence-electron chi connectivity index (χ3n) is 6.05. The summed E-state index contributed by atoms with van der Waals surface area (Å²) < 4.78 is 13.1. The van der Waals surface area contributed by atoms with E-state index in [1.807, 2.05) is 6.07 Å². The molecule has 0 saturated carbocycles. The summed E-state index contributed by atoms with van der Waals surface area (Å²) in [6.45, 7) is 7.10. The summed E-state index contributed by atoms with van der Waals surface area (Å²) in [6.07, 6.45) is 1.72. The Morgan fingerprint density at radius 1 is 0.852 bits per heavy atom. The number of halogens is 1. The Morgan fingerprint density at radius 3 is 2.04 bits per heavy atom. The van der Waals surface area contributed by atoms with Gasteiger partial charge in [0.2, 0.25) is 20.0 Å². The molecule has 0 atom stereocenters. The van der Waals surface area contributed by atoms with Crippen molar-refractivity contribution in [3.05, 3.63) is 71.5 Å². The fourth-order valence-electron chi connectivity index (χ4n) is 5.27. The lowest BCUT2D eigenvalue weighted by Gasteiger charge is -2.52. The van der Waals surface area contributed by atoms with E-state index in [1.165, 1.54) is 32.1 Å². The van der Waals surface area contributed by atoms with Crippen molar-refractivity contribution in [1.29, 1.82) is 0 Å². The number of nitrogens with zero attached hydrogens (tertiary/aromatic N) is 2. The van der Waals surface area contributed by atoms with Crippen molar-refractivity contribution in [3.8, 4) is 0 Å². The van der Waals surface area contributed by atoms with Crippen molar-refractivity contribution >= 4 is 11.9 Å². The molecule has 27 heavy (non-hydrogen) atoms. The van der Waals surface area contributed by atoms with E-state index in [0.29, 0.717) is 0 Å². The molecule has 4 bridgehead atoms. The maximum atomic E-state index is 13.1. The second-order valence-electron chi connectivity index (χ2n) is 8.20. The highest BCUT2D eigenvalue weighted by Gasteiger charge is 2.60. The van der Waals surface area contributed by atoms with Crippen LogP contribution in [-0.4, -0.2) is 51.6 Å².